The van der Waals surface area contributed by atoms with E-state index in [-0.39, 0.29) is 5.78 Å². The van der Waals surface area contributed by atoms with Gasteiger partial charge in [0.25, 0.3) is 0 Å². The lowest BCUT2D eigenvalue weighted by molar-refractivity contribution is 0.0990. The Bertz CT molecular complexity index is 574. The highest BCUT2D eigenvalue weighted by Crippen LogP contribution is 2.12. The molecule has 19 heavy (non-hydrogen) atoms. The molecule has 0 aliphatic carbocycles. The normalized spacial score (nSPS) is 12.4. The second kappa shape index (κ2) is 5.78. The van der Waals surface area contributed by atoms with Crippen LogP contribution in [0.2, 0.25) is 0 Å². The first-order chi connectivity index (χ1) is 9.11. The number of carbonyl (C=O) groups excluding carboxylic acids is 1. The van der Waals surface area contributed by atoms with Crippen LogP contribution >= 0.6 is 0 Å². The summed E-state index contributed by atoms with van der Waals surface area (Å²) in [5.41, 5.74) is 2.27. The standard InChI is InChI=1S/C15H19N3O/c1-4-11(2)18-9-7-13(17-18)10-15(19)14-6-5-8-16-12(14)3/h5-9,11H,4,10H2,1-3H3. The Kier molecular flexibility index (Phi) is 4.10. The minimum Gasteiger partial charge on any atom is -0.294 e. The molecule has 0 N–H and O–H groups in total. The van der Waals surface area contributed by atoms with Gasteiger partial charge in [-0.25, -0.2) is 0 Å². The number of pyridine rings is 1. The molecule has 0 aliphatic heterocycles. The molecule has 0 bridgehead atoms. The lowest BCUT2D eigenvalue weighted by Gasteiger charge is -2.08. The SMILES string of the molecule is CCC(C)n1ccc(CC(=O)c2cccnc2C)n1. The van der Waals surface area contributed by atoms with E-state index in [4.69, 9.17) is 0 Å². The van der Waals surface area contributed by atoms with Crippen molar-refractivity contribution >= 4 is 5.78 Å². The Morgan fingerprint density at radius 1 is 1.42 bits per heavy atom. The average Bonchev–Trinajstić information content (AvgIpc) is 2.86. The van der Waals surface area contributed by atoms with Crippen LogP contribution < -0.4 is 0 Å². The summed E-state index contributed by atoms with van der Waals surface area (Å²) in [7, 11) is 0. The van der Waals surface area contributed by atoms with Gasteiger partial charge in [0.15, 0.2) is 5.78 Å². The van der Waals surface area contributed by atoms with Crippen molar-refractivity contribution in [3.05, 3.63) is 47.5 Å². The van der Waals surface area contributed by atoms with Crippen molar-refractivity contribution < 1.29 is 4.79 Å². The predicted molar refractivity (Wildman–Crippen MR) is 74.2 cm³/mol. The largest absolute Gasteiger partial charge is 0.294 e. The van der Waals surface area contributed by atoms with Crippen molar-refractivity contribution in [2.24, 2.45) is 0 Å². The van der Waals surface area contributed by atoms with Crippen molar-refractivity contribution in [3.8, 4) is 0 Å². The van der Waals surface area contributed by atoms with Gasteiger partial charge in [0.1, 0.15) is 0 Å². The molecule has 4 heteroatoms. The van der Waals surface area contributed by atoms with Crippen LogP contribution in [0.4, 0.5) is 0 Å². The number of rotatable bonds is 5. The molecule has 1 unspecified atom stereocenters. The maximum atomic E-state index is 12.2. The van der Waals surface area contributed by atoms with Crippen molar-refractivity contribution in [2.45, 2.75) is 39.7 Å². The number of aromatic nitrogens is 3. The van der Waals surface area contributed by atoms with Gasteiger partial charge in [-0.15, -0.1) is 0 Å². The molecule has 100 valence electrons. The summed E-state index contributed by atoms with van der Waals surface area (Å²) in [5, 5.41) is 4.45. The van der Waals surface area contributed by atoms with Crippen LogP contribution in [0, 0.1) is 6.92 Å². The van der Waals surface area contributed by atoms with Crippen LogP contribution in [-0.2, 0) is 6.42 Å². The van der Waals surface area contributed by atoms with Gasteiger partial charge in [0.2, 0.25) is 0 Å². The number of ketones is 1. The van der Waals surface area contributed by atoms with E-state index in [1.807, 2.05) is 29.9 Å². The quantitative estimate of drug-likeness (QED) is 0.774. The van der Waals surface area contributed by atoms with Crippen molar-refractivity contribution in [1.29, 1.82) is 0 Å². The zero-order valence-electron chi connectivity index (χ0n) is 11.6. The monoisotopic (exact) mass is 257 g/mol. The van der Waals surface area contributed by atoms with Crippen LogP contribution in [-0.4, -0.2) is 20.5 Å². The summed E-state index contributed by atoms with van der Waals surface area (Å²) in [6, 6.07) is 5.88. The number of hydrogen-bond acceptors (Lipinski definition) is 3. The topological polar surface area (TPSA) is 47.8 Å². The van der Waals surface area contributed by atoms with E-state index < -0.39 is 0 Å². The molecular weight excluding hydrogens is 238 g/mol. The number of carbonyl (C=O) groups is 1. The Morgan fingerprint density at radius 2 is 2.21 bits per heavy atom. The molecule has 0 amide bonds. The third-order valence-electron chi connectivity index (χ3n) is 3.36. The third kappa shape index (κ3) is 3.08. The zero-order valence-corrected chi connectivity index (χ0v) is 11.6. The number of nitrogens with zero attached hydrogens (tertiary/aromatic N) is 3. The molecular formula is C15H19N3O. The maximum absolute atomic E-state index is 12.2. The minimum absolute atomic E-state index is 0.0694. The molecule has 4 nitrogen and oxygen atoms in total. The molecule has 0 radical (unpaired) electrons. The highest BCUT2D eigenvalue weighted by atomic mass is 16.1. The van der Waals surface area contributed by atoms with Crippen molar-refractivity contribution in [2.75, 3.05) is 0 Å². The van der Waals surface area contributed by atoms with E-state index in [0.717, 1.165) is 17.8 Å². The second-order valence-electron chi connectivity index (χ2n) is 4.78. The van der Waals surface area contributed by atoms with E-state index in [9.17, 15) is 4.79 Å². The van der Waals surface area contributed by atoms with Crippen LogP contribution in [0.1, 0.15) is 48.1 Å². The predicted octanol–water partition coefficient (Wildman–Crippen LogP) is 2.98. The van der Waals surface area contributed by atoms with E-state index in [1.54, 1.807) is 12.3 Å². The van der Waals surface area contributed by atoms with E-state index in [1.165, 1.54) is 0 Å². The molecule has 2 heterocycles. The average molecular weight is 257 g/mol. The summed E-state index contributed by atoms with van der Waals surface area (Å²) in [6.07, 6.45) is 4.99. The number of hydrogen-bond donors (Lipinski definition) is 0. The molecule has 1 atom stereocenters. The van der Waals surface area contributed by atoms with Crippen LogP contribution in [0.5, 0.6) is 0 Å². The summed E-state index contributed by atoms with van der Waals surface area (Å²) in [5.74, 6) is 0.0694. The Balaban J connectivity index is 2.11. The molecule has 0 saturated carbocycles. The smallest absolute Gasteiger partial charge is 0.170 e. The van der Waals surface area contributed by atoms with E-state index in [2.05, 4.69) is 23.9 Å². The molecule has 0 spiro atoms. The first-order valence-electron chi connectivity index (χ1n) is 6.60. The zero-order chi connectivity index (χ0) is 13.8. The molecule has 2 aromatic heterocycles. The molecule has 0 aliphatic rings. The Morgan fingerprint density at radius 3 is 2.89 bits per heavy atom. The van der Waals surface area contributed by atoms with Crippen LogP contribution in [0.25, 0.3) is 0 Å². The van der Waals surface area contributed by atoms with Gasteiger partial charge in [0, 0.05) is 29.7 Å². The fraction of sp³-hybridized carbons (Fsp3) is 0.400. The molecule has 2 aromatic rings. The van der Waals surface area contributed by atoms with Crippen LogP contribution in [0.3, 0.4) is 0 Å². The fourth-order valence-corrected chi connectivity index (χ4v) is 1.94. The number of aryl methyl sites for hydroxylation is 1. The Labute approximate surface area is 113 Å². The summed E-state index contributed by atoms with van der Waals surface area (Å²) in [6.45, 7) is 6.09. The Hall–Kier alpha value is -1.97. The van der Waals surface area contributed by atoms with Gasteiger partial charge in [-0.05, 0) is 38.5 Å². The summed E-state index contributed by atoms with van der Waals surface area (Å²) >= 11 is 0. The van der Waals surface area contributed by atoms with Gasteiger partial charge in [-0.2, -0.15) is 5.10 Å². The summed E-state index contributed by atoms with van der Waals surface area (Å²) < 4.78 is 1.92. The van der Waals surface area contributed by atoms with E-state index in [0.29, 0.717) is 18.0 Å². The van der Waals surface area contributed by atoms with Crippen molar-refractivity contribution in [3.63, 3.8) is 0 Å². The summed E-state index contributed by atoms with van der Waals surface area (Å²) in [4.78, 5) is 16.3. The van der Waals surface area contributed by atoms with Crippen molar-refractivity contribution in [1.82, 2.24) is 14.8 Å². The lowest BCUT2D eigenvalue weighted by atomic mass is 10.1. The first-order valence-corrected chi connectivity index (χ1v) is 6.60. The molecule has 0 saturated heterocycles. The second-order valence-corrected chi connectivity index (χ2v) is 4.78. The van der Waals surface area contributed by atoms with Gasteiger partial charge in [-0.3, -0.25) is 14.5 Å². The highest BCUT2D eigenvalue weighted by molar-refractivity contribution is 5.98. The van der Waals surface area contributed by atoms with Gasteiger partial charge in [0.05, 0.1) is 12.1 Å². The lowest BCUT2D eigenvalue weighted by Crippen LogP contribution is -2.09. The first kappa shape index (κ1) is 13.5. The maximum Gasteiger partial charge on any atom is 0.170 e. The number of Topliss-reactive ketones (excluding diaryl/α,β-unsaturated/α-hetero) is 1. The van der Waals surface area contributed by atoms with Gasteiger partial charge < -0.3 is 0 Å². The third-order valence-corrected chi connectivity index (χ3v) is 3.36. The van der Waals surface area contributed by atoms with E-state index >= 15 is 0 Å². The highest BCUT2D eigenvalue weighted by Gasteiger charge is 2.12. The molecule has 0 fully saturated rings. The van der Waals surface area contributed by atoms with Crippen LogP contribution in [0.15, 0.2) is 30.6 Å². The van der Waals surface area contributed by atoms with Gasteiger partial charge >= 0.3 is 0 Å². The fourth-order valence-electron chi connectivity index (χ4n) is 1.94. The minimum atomic E-state index is 0.0694. The molecule has 0 aromatic carbocycles. The molecule has 2 rings (SSSR count). The van der Waals surface area contributed by atoms with Gasteiger partial charge in [-0.1, -0.05) is 6.92 Å².